The standard InChI is InChI=1S/C54H48O8P2/c1-55-39-17-25-43(26-18-39)63(44-27-19-40(56-2)20-28-44)61-53-47(37-13-9-7-10-14-37)33-35-49(59-5)51(53)52-50(60-6)36-34-48(38-15-11-8-12-16-38)54(52)62-64(45-29-21-41(57-3)22-30-45)46-31-23-42(58-4)24-32-46/h7-36H,1-6H3. The summed E-state index contributed by atoms with van der Waals surface area (Å²) >= 11 is 0. The molecule has 0 atom stereocenters. The van der Waals surface area contributed by atoms with Gasteiger partial charge in [-0.1, -0.05) is 60.7 Å². The molecule has 0 amide bonds. The number of ether oxygens (including phenoxy) is 6. The van der Waals surface area contributed by atoms with E-state index in [1.54, 1.807) is 42.7 Å². The molecule has 8 aromatic carbocycles. The molecule has 0 bridgehead atoms. The average molecular weight is 887 g/mol. The highest BCUT2D eigenvalue weighted by Gasteiger charge is 2.32. The van der Waals surface area contributed by atoms with Crippen molar-refractivity contribution >= 4 is 37.5 Å². The van der Waals surface area contributed by atoms with Crippen LogP contribution in [0.5, 0.6) is 46.0 Å². The van der Waals surface area contributed by atoms with E-state index in [2.05, 4.69) is 84.9 Å². The molecular formula is C54H48O8P2. The van der Waals surface area contributed by atoms with Crippen LogP contribution in [-0.2, 0) is 0 Å². The predicted molar refractivity (Wildman–Crippen MR) is 261 cm³/mol. The maximum absolute atomic E-state index is 7.64. The topological polar surface area (TPSA) is 73.8 Å². The Kier molecular flexibility index (Phi) is 14.0. The largest absolute Gasteiger partial charge is 0.497 e. The van der Waals surface area contributed by atoms with Gasteiger partial charge in [0.05, 0.1) is 53.8 Å². The molecule has 0 aromatic heterocycles. The molecule has 0 spiro atoms. The van der Waals surface area contributed by atoms with Crippen molar-refractivity contribution in [3.8, 4) is 79.4 Å². The summed E-state index contributed by atoms with van der Waals surface area (Å²) in [6, 6.07) is 60.7. The first-order chi connectivity index (χ1) is 31.5. The van der Waals surface area contributed by atoms with Crippen molar-refractivity contribution in [2.45, 2.75) is 0 Å². The van der Waals surface area contributed by atoms with Crippen molar-refractivity contribution in [1.82, 2.24) is 0 Å². The fraction of sp³-hybridized carbons (Fsp3) is 0.111. The van der Waals surface area contributed by atoms with Crippen molar-refractivity contribution in [2.75, 3.05) is 42.7 Å². The summed E-state index contributed by atoms with van der Waals surface area (Å²) in [7, 11) is 6.94. The molecule has 10 heteroatoms. The smallest absolute Gasteiger partial charge is 0.150 e. The molecule has 0 aliphatic rings. The fourth-order valence-corrected chi connectivity index (χ4v) is 10.8. The van der Waals surface area contributed by atoms with Gasteiger partial charge < -0.3 is 37.5 Å². The lowest BCUT2D eigenvalue weighted by Gasteiger charge is -2.28. The minimum atomic E-state index is -1.53. The summed E-state index contributed by atoms with van der Waals surface area (Å²) in [6.07, 6.45) is 0. The van der Waals surface area contributed by atoms with Crippen LogP contribution in [0, 0.1) is 0 Å². The molecule has 0 aliphatic heterocycles. The molecule has 0 unspecified atom stereocenters. The van der Waals surface area contributed by atoms with Crippen LogP contribution < -0.4 is 58.7 Å². The van der Waals surface area contributed by atoms with Gasteiger partial charge in [-0.15, -0.1) is 0 Å². The number of methoxy groups -OCH3 is 6. The van der Waals surface area contributed by atoms with Crippen LogP contribution in [0.25, 0.3) is 33.4 Å². The number of benzene rings is 8. The Morgan fingerprint density at radius 3 is 0.812 bits per heavy atom. The van der Waals surface area contributed by atoms with E-state index in [-0.39, 0.29) is 0 Å². The lowest BCUT2D eigenvalue weighted by atomic mass is 9.92. The van der Waals surface area contributed by atoms with E-state index in [1.165, 1.54) is 0 Å². The van der Waals surface area contributed by atoms with Gasteiger partial charge in [0.15, 0.2) is 16.3 Å². The van der Waals surface area contributed by atoms with Crippen LogP contribution in [0.15, 0.2) is 182 Å². The van der Waals surface area contributed by atoms with Crippen molar-refractivity contribution in [1.29, 1.82) is 0 Å². The van der Waals surface area contributed by atoms with E-state index >= 15 is 0 Å². The second-order valence-electron chi connectivity index (χ2n) is 14.3. The summed E-state index contributed by atoms with van der Waals surface area (Å²) in [5.74, 6) is 5.31. The summed E-state index contributed by atoms with van der Waals surface area (Å²) in [5, 5.41) is 3.88. The van der Waals surface area contributed by atoms with Gasteiger partial charge in [-0.3, -0.25) is 0 Å². The second kappa shape index (κ2) is 20.5. The van der Waals surface area contributed by atoms with Gasteiger partial charge in [-0.05, 0) is 132 Å². The van der Waals surface area contributed by atoms with Crippen LogP contribution in [0.2, 0.25) is 0 Å². The lowest BCUT2D eigenvalue weighted by Crippen LogP contribution is -2.17. The van der Waals surface area contributed by atoms with Crippen molar-refractivity contribution < 1.29 is 37.5 Å². The predicted octanol–water partition coefficient (Wildman–Crippen LogP) is 11.6. The Morgan fingerprint density at radius 1 is 0.281 bits per heavy atom. The summed E-state index contributed by atoms with van der Waals surface area (Å²) in [6.45, 7) is 0. The number of hydrogen-bond donors (Lipinski definition) is 0. The second-order valence-corrected chi connectivity index (χ2v) is 17.9. The molecule has 0 fully saturated rings. The van der Waals surface area contributed by atoms with E-state index < -0.39 is 16.3 Å². The van der Waals surface area contributed by atoms with E-state index in [9.17, 15) is 0 Å². The van der Waals surface area contributed by atoms with Crippen molar-refractivity contribution in [3.05, 3.63) is 182 Å². The molecule has 8 rings (SSSR count). The number of rotatable bonds is 17. The molecule has 322 valence electrons. The number of hydrogen-bond acceptors (Lipinski definition) is 8. The van der Waals surface area contributed by atoms with Gasteiger partial charge in [0.2, 0.25) is 0 Å². The normalized spacial score (nSPS) is 10.9. The lowest BCUT2D eigenvalue weighted by molar-refractivity contribution is 0.407. The first-order valence-corrected chi connectivity index (χ1v) is 23.0. The first-order valence-electron chi connectivity index (χ1n) is 20.5. The summed E-state index contributed by atoms with van der Waals surface area (Å²) in [5.41, 5.74) is 4.97. The zero-order valence-electron chi connectivity index (χ0n) is 36.5. The Labute approximate surface area is 377 Å². The van der Waals surface area contributed by atoms with Crippen LogP contribution in [-0.4, -0.2) is 42.7 Å². The molecule has 0 saturated carbocycles. The van der Waals surface area contributed by atoms with Gasteiger partial charge in [0.25, 0.3) is 0 Å². The highest BCUT2D eigenvalue weighted by Crippen LogP contribution is 2.58. The third-order valence-electron chi connectivity index (χ3n) is 10.7. The van der Waals surface area contributed by atoms with Gasteiger partial charge in [0.1, 0.15) is 46.0 Å². The molecular weight excluding hydrogens is 839 g/mol. The quantitative estimate of drug-likeness (QED) is 0.0837. The Balaban J connectivity index is 1.44. The average Bonchev–Trinajstić information content (AvgIpc) is 3.37. The third kappa shape index (κ3) is 9.35. The Morgan fingerprint density at radius 2 is 0.562 bits per heavy atom. The van der Waals surface area contributed by atoms with Gasteiger partial charge in [-0.2, -0.15) is 0 Å². The maximum Gasteiger partial charge on any atom is 0.150 e. The van der Waals surface area contributed by atoms with E-state index in [0.29, 0.717) is 34.1 Å². The SMILES string of the molecule is COc1ccc(P(Oc2c(-c3ccccc3)ccc(OC)c2-c2c(OC)ccc(-c3ccccc3)c2OP(c2ccc(OC)cc2)c2ccc(OC)cc2)c2ccc(OC)cc2)cc1. The Hall–Kier alpha value is -6.98. The van der Waals surface area contributed by atoms with Crippen LogP contribution >= 0.6 is 16.3 Å². The molecule has 0 N–H and O–H groups in total. The van der Waals surface area contributed by atoms with Crippen LogP contribution in [0.4, 0.5) is 0 Å². The van der Waals surface area contributed by atoms with Crippen molar-refractivity contribution in [3.63, 3.8) is 0 Å². The maximum atomic E-state index is 7.64. The molecule has 64 heavy (non-hydrogen) atoms. The van der Waals surface area contributed by atoms with Crippen LogP contribution in [0.1, 0.15) is 0 Å². The van der Waals surface area contributed by atoms with Gasteiger partial charge in [-0.25, -0.2) is 0 Å². The molecule has 8 nitrogen and oxygen atoms in total. The molecule has 0 aliphatic carbocycles. The first kappa shape index (κ1) is 43.7. The summed E-state index contributed by atoms with van der Waals surface area (Å²) in [4.78, 5) is 0. The van der Waals surface area contributed by atoms with E-state index in [1.807, 2.05) is 97.1 Å². The van der Waals surface area contributed by atoms with Crippen molar-refractivity contribution in [2.24, 2.45) is 0 Å². The molecule has 0 saturated heterocycles. The summed E-state index contributed by atoms with van der Waals surface area (Å²) < 4.78 is 50.4. The highest BCUT2D eigenvalue weighted by atomic mass is 31.1. The molecule has 0 radical (unpaired) electrons. The molecule has 8 aromatic rings. The Bertz CT molecular complexity index is 2480. The highest BCUT2D eigenvalue weighted by molar-refractivity contribution is 7.69. The zero-order valence-corrected chi connectivity index (χ0v) is 38.3. The van der Waals surface area contributed by atoms with E-state index in [4.69, 9.17) is 37.5 Å². The van der Waals surface area contributed by atoms with Gasteiger partial charge >= 0.3 is 0 Å². The van der Waals surface area contributed by atoms with E-state index in [0.717, 1.165) is 66.5 Å². The van der Waals surface area contributed by atoms with Crippen LogP contribution in [0.3, 0.4) is 0 Å². The zero-order chi connectivity index (χ0) is 44.4. The third-order valence-corrected chi connectivity index (χ3v) is 14.5. The monoisotopic (exact) mass is 886 g/mol. The minimum absolute atomic E-state index is 0.570. The fourth-order valence-electron chi connectivity index (χ4n) is 7.38. The minimum Gasteiger partial charge on any atom is -0.497 e. The molecule has 0 heterocycles. The van der Waals surface area contributed by atoms with Gasteiger partial charge in [0, 0.05) is 32.3 Å².